The van der Waals surface area contributed by atoms with E-state index in [-0.39, 0.29) is 0 Å². The molecule has 0 fully saturated rings. The van der Waals surface area contributed by atoms with E-state index in [1.807, 2.05) is 18.2 Å². The molecule has 0 aliphatic carbocycles. The number of halogens is 1. The van der Waals surface area contributed by atoms with E-state index in [4.69, 9.17) is 9.47 Å². The van der Waals surface area contributed by atoms with E-state index in [0.717, 1.165) is 33.6 Å². The highest BCUT2D eigenvalue weighted by molar-refractivity contribution is 9.10. The van der Waals surface area contributed by atoms with E-state index in [1.54, 1.807) is 12.4 Å². The first kappa shape index (κ1) is 13.2. The molecule has 0 radical (unpaired) electrons. The summed E-state index contributed by atoms with van der Waals surface area (Å²) in [6, 6.07) is 7.98. The third-order valence-electron chi connectivity index (χ3n) is 3.02. The molecule has 0 saturated carbocycles. The van der Waals surface area contributed by atoms with Gasteiger partial charge in [-0.25, -0.2) is 0 Å². The van der Waals surface area contributed by atoms with Crippen molar-refractivity contribution >= 4 is 21.6 Å². The van der Waals surface area contributed by atoms with Gasteiger partial charge in [0.2, 0.25) is 0 Å². The summed E-state index contributed by atoms with van der Waals surface area (Å²) in [6.07, 6.45) is 4.47. The van der Waals surface area contributed by atoms with Gasteiger partial charge in [0.05, 0.1) is 23.4 Å². The molecule has 1 aliphatic heterocycles. The Morgan fingerprint density at radius 1 is 1.25 bits per heavy atom. The van der Waals surface area contributed by atoms with Crippen molar-refractivity contribution in [1.29, 1.82) is 0 Å². The van der Waals surface area contributed by atoms with Crippen LogP contribution in [0.15, 0.2) is 41.1 Å². The van der Waals surface area contributed by atoms with E-state index in [2.05, 4.69) is 32.3 Å². The SMILES string of the molecule is Brc1cc(CNc2cccnc2)cc2c1OCCCO2. The molecule has 2 heterocycles. The van der Waals surface area contributed by atoms with Crippen molar-refractivity contribution in [3.8, 4) is 11.5 Å². The summed E-state index contributed by atoms with van der Waals surface area (Å²) in [5, 5.41) is 3.33. The van der Waals surface area contributed by atoms with Crippen LogP contribution in [0.2, 0.25) is 0 Å². The number of aromatic nitrogens is 1. The van der Waals surface area contributed by atoms with Gasteiger partial charge < -0.3 is 14.8 Å². The standard InChI is InChI=1S/C15H15BrN2O2/c16-13-7-11(9-18-12-3-1-4-17-10-12)8-14-15(13)20-6-2-5-19-14/h1,3-4,7-8,10,18H,2,5-6,9H2. The average molecular weight is 335 g/mol. The van der Waals surface area contributed by atoms with Gasteiger partial charge in [-0.3, -0.25) is 4.98 Å². The zero-order chi connectivity index (χ0) is 13.8. The van der Waals surface area contributed by atoms with Crippen molar-refractivity contribution in [2.24, 2.45) is 0 Å². The molecule has 104 valence electrons. The van der Waals surface area contributed by atoms with E-state index in [9.17, 15) is 0 Å². The van der Waals surface area contributed by atoms with Crippen LogP contribution < -0.4 is 14.8 Å². The van der Waals surface area contributed by atoms with Crippen LogP contribution in [0.3, 0.4) is 0 Å². The molecule has 0 amide bonds. The summed E-state index contributed by atoms with van der Waals surface area (Å²) >= 11 is 3.55. The molecule has 1 aromatic heterocycles. The fourth-order valence-electron chi connectivity index (χ4n) is 2.06. The highest BCUT2D eigenvalue weighted by atomic mass is 79.9. The average Bonchev–Trinajstić information content (AvgIpc) is 2.72. The van der Waals surface area contributed by atoms with Gasteiger partial charge in [-0.15, -0.1) is 0 Å². The zero-order valence-corrected chi connectivity index (χ0v) is 12.5. The predicted octanol–water partition coefficient (Wildman–Crippen LogP) is 3.62. The number of anilines is 1. The number of benzene rings is 1. The molecular weight excluding hydrogens is 320 g/mol. The third-order valence-corrected chi connectivity index (χ3v) is 3.61. The van der Waals surface area contributed by atoms with Crippen LogP contribution in [-0.2, 0) is 6.54 Å². The lowest BCUT2D eigenvalue weighted by molar-refractivity contribution is 0.296. The van der Waals surface area contributed by atoms with Crippen LogP contribution >= 0.6 is 15.9 Å². The fourth-order valence-corrected chi connectivity index (χ4v) is 2.66. The van der Waals surface area contributed by atoms with E-state index in [0.29, 0.717) is 19.8 Å². The zero-order valence-electron chi connectivity index (χ0n) is 10.9. The van der Waals surface area contributed by atoms with Gasteiger partial charge >= 0.3 is 0 Å². The molecule has 1 aliphatic rings. The summed E-state index contributed by atoms with van der Waals surface area (Å²) in [6.45, 7) is 2.10. The first-order chi connectivity index (χ1) is 9.83. The predicted molar refractivity (Wildman–Crippen MR) is 81.3 cm³/mol. The number of hydrogen-bond acceptors (Lipinski definition) is 4. The second kappa shape index (κ2) is 6.13. The summed E-state index contributed by atoms with van der Waals surface area (Å²) in [5.74, 6) is 1.60. The summed E-state index contributed by atoms with van der Waals surface area (Å²) in [4.78, 5) is 4.08. The van der Waals surface area contributed by atoms with E-state index >= 15 is 0 Å². The van der Waals surface area contributed by atoms with Gasteiger partial charge in [0, 0.05) is 25.4 Å². The highest BCUT2D eigenvalue weighted by Crippen LogP contribution is 2.38. The lowest BCUT2D eigenvalue weighted by Gasteiger charge is -2.12. The Morgan fingerprint density at radius 2 is 2.15 bits per heavy atom. The molecular formula is C15H15BrN2O2. The number of rotatable bonds is 3. The monoisotopic (exact) mass is 334 g/mol. The van der Waals surface area contributed by atoms with Gasteiger partial charge in [0.25, 0.3) is 0 Å². The molecule has 3 rings (SSSR count). The van der Waals surface area contributed by atoms with Crippen LogP contribution in [0.1, 0.15) is 12.0 Å². The number of nitrogens with one attached hydrogen (secondary N) is 1. The van der Waals surface area contributed by atoms with Gasteiger partial charge in [-0.05, 0) is 45.8 Å². The molecule has 0 saturated heterocycles. The van der Waals surface area contributed by atoms with Crippen LogP contribution in [-0.4, -0.2) is 18.2 Å². The maximum absolute atomic E-state index is 5.73. The first-order valence-electron chi connectivity index (χ1n) is 6.55. The van der Waals surface area contributed by atoms with Crippen molar-refractivity contribution in [1.82, 2.24) is 4.98 Å². The molecule has 2 aromatic rings. The summed E-state index contributed by atoms with van der Waals surface area (Å²) < 4.78 is 12.4. The van der Waals surface area contributed by atoms with E-state index < -0.39 is 0 Å². The topological polar surface area (TPSA) is 43.4 Å². The number of hydrogen-bond donors (Lipinski definition) is 1. The minimum Gasteiger partial charge on any atom is -0.490 e. The largest absolute Gasteiger partial charge is 0.490 e. The summed E-state index contributed by atoms with van der Waals surface area (Å²) in [5.41, 5.74) is 2.13. The smallest absolute Gasteiger partial charge is 0.175 e. The molecule has 20 heavy (non-hydrogen) atoms. The normalized spacial score (nSPS) is 13.7. The molecule has 0 spiro atoms. The minimum atomic E-state index is 0.693. The number of nitrogens with zero attached hydrogens (tertiary/aromatic N) is 1. The second-order valence-electron chi connectivity index (χ2n) is 4.55. The molecule has 4 nitrogen and oxygen atoms in total. The quantitative estimate of drug-likeness (QED) is 0.930. The molecule has 0 bridgehead atoms. The molecule has 1 aromatic carbocycles. The van der Waals surface area contributed by atoms with Gasteiger partial charge in [0.15, 0.2) is 11.5 Å². The third kappa shape index (κ3) is 3.04. The van der Waals surface area contributed by atoms with Gasteiger partial charge in [-0.1, -0.05) is 0 Å². The van der Waals surface area contributed by atoms with Crippen LogP contribution in [0, 0.1) is 0 Å². The Morgan fingerprint density at radius 3 is 3.00 bits per heavy atom. The summed E-state index contributed by atoms with van der Waals surface area (Å²) in [7, 11) is 0. The molecule has 0 unspecified atom stereocenters. The maximum Gasteiger partial charge on any atom is 0.175 e. The molecule has 1 N–H and O–H groups in total. The van der Waals surface area contributed by atoms with Crippen molar-refractivity contribution < 1.29 is 9.47 Å². The Bertz CT molecular complexity index is 590. The fraction of sp³-hybridized carbons (Fsp3) is 0.267. The Balaban J connectivity index is 1.77. The van der Waals surface area contributed by atoms with Crippen molar-refractivity contribution in [2.45, 2.75) is 13.0 Å². The molecule has 5 heteroatoms. The Hall–Kier alpha value is -1.75. The lowest BCUT2D eigenvalue weighted by atomic mass is 10.2. The van der Waals surface area contributed by atoms with Gasteiger partial charge in [-0.2, -0.15) is 0 Å². The van der Waals surface area contributed by atoms with Crippen LogP contribution in [0.25, 0.3) is 0 Å². The highest BCUT2D eigenvalue weighted by Gasteiger charge is 2.15. The molecule has 0 atom stereocenters. The second-order valence-corrected chi connectivity index (χ2v) is 5.40. The van der Waals surface area contributed by atoms with Crippen molar-refractivity contribution in [2.75, 3.05) is 18.5 Å². The van der Waals surface area contributed by atoms with Crippen LogP contribution in [0.4, 0.5) is 5.69 Å². The number of pyridine rings is 1. The van der Waals surface area contributed by atoms with Crippen molar-refractivity contribution in [3.05, 3.63) is 46.7 Å². The van der Waals surface area contributed by atoms with Gasteiger partial charge in [0.1, 0.15) is 0 Å². The first-order valence-corrected chi connectivity index (χ1v) is 7.34. The van der Waals surface area contributed by atoms with Crippen LogP contribution in [0.5, 0.6) is 11.5 Å². The lowest BCUT2D eigenvalue weighted by Crippen LogP contribution is -2.01. The minimum absolute atomic E-state index is 0.693. The number of fused-ring (bicyclic) bond motifs is 1. The van der Waals surface area contributed by atoms with E-state index in [1.165, 1.54) is 0 Å². The van der Waals surface area contributed by atoms with Crippen molar-refractivity contribution in [3.63, 3.8) is 0 Å². The maximum atomic E-state index is 5.73. The Labute approximate surface area is 126 Å². The Kier molecular flexibility index (Phi) is 4.06. The number of ether oxygens (including phenoxy) is 2.